The van der Waals surface area contributed by atoms with Gasteiger partial charge in [0.2, 0.25) is 0 Å². The van der Waals surface area contributed by atoms with Crippen molar-refractivity contribution in [3.05, 3.63) is 47.8 Å². The molecule has 1 aromatic heterocycles. The van der Waals surface area contributed by atoms with E-state index in [4.69, 9.17) is 4.74 Å². The molecule has 1 saturated carbocycles. The number of aromatic nitrogens is 2. The minimum atomic E-state index is -0.0778. The van der Waals surface area contributed by atoms with Crippen LogP contribution in [0.5, 0.6) is 5.75 Å². The van der Waals surface area contributed by atoms with Crippen molar-refractivity contribution in [1.82, 2.24) is 20.4 Å². The molecule has 2 aromatic rings. The van der Waals surface area contributed by atoms with E-state index in [1.54, 1.807) is 7.11 Å². The Labute approximate surface area is 185 Å². The second-order valence-electron chi connectivity index (χ2n) is 8.43. The van der Waals surface area contributed by atoms with Gasteiger partial charge in [-0.2, -0.15) is 5.10 Å². The number of nitrogens with zero attached hydrogens (tertiary/aromatic N) is 2. The summed E-state index contributed by atoms with van der Waals surface area (Å²) in [4.78, 5) is 12.8. The molecule has 1 amide bonds. The van der Waals surface area contributed by atoms with E-state index in [9.17, 15) is 4.79 Å². The molecule has 164 valence electrons. The number of rotatable bonds is 6. The van der Waals surface area contributed by atoms with E-state index in [-0.39, 0.29) is 23.7 Å². The Balaban J connectivity index is 0.00000256. The number of piperidine rings is 1. The summed E-state index contributed by atoms with van der Waals surface area (Å²) >= 11 is 0. The SMILES string of the molecule is COc1ccc(C2(CNC(=O)c3ccn(C4CCCNC4)n3)CCCCC2)cc1.Cl. The van der Waals surface area contributed by atoms with E-state index in [0.29, 0.717) is 18.3 Å². The summed E-state index contributed by atoms with van der Waals surface area (Å²) in [5.74, 6) is 0.789. The number of halogens is 1. The van der Waals surface area contributed by atoms with Gasteiger partial charge in [0.15, 0.2) is 0 Å². The Morgan fingerprint density at radius 3 is 2.63 bits per heavy atom. The highest BCUT2D eigenvalue weighted by Gasteiger charge is 2.34. The molecule has 2 N–H and O–H groups in total. The molecule has 2 fully saturated rings. The van der Waals surface area contributed by atoms with Crippen molar-refractivity contribution >= 4 is 18.3 Å². The van der Waals surface area contributed by atoms with Gasteiger partial charge in [-0.3, -0.25) is 9.48 Å². The predicted molar refractivity (Wildman–Crippen MR) is 121 cm³/mol. The number of carbonyl (C=O) groups excluding carboxylic acids is 1. The molecule has 1 aliphatic heterocycles. The molecular weight excluding hydrogens is 400 g/mol. The summed E-state index contributed by atoms with van der Waals surface area (Å²) < 4.78 is 7.26. The molecule has 1 saturated heterocycles. The van der Waals surface area contributed by atoms with E-state index in [1.165, 1.54) is 24.8 Å². The van der Waals surface area contributed by atoms with Crippen LogP contribution in [0.15, 0.2) is 36.5 Å². The molecule has 0 spiro atoms. The molecule has 1 aromatic carbocycles. The normalized spacial score (nSPS) is 20.8. The fourth-order valence-corrected chi connectivity index (χ4v) is 4.80. The van der Waals surface area contributed by atoms with Crippen LogP contribution < -0.4 is 15.4 Å². The van der Waals surface area contributed by atoms with Crippen LogP contribution in [-0.4, -0.2) is 42.4 Å². The van der Waals surface area contributed by atoms with Crippen LogP contribution in [0.2, 0.25) is 0 Å². The quantitative estimate of drug-likeness (QED) is 0.727. The van der Waals surface area contributed by atoms with Crippen LogP contribution in [0.3, 0.4) is 0 Å². The first kappa shape index (κ1) is 22.6. The van der Waals surface area contributed by atoms with Crippen LogP contribution >= 0.6 is 12.4 Å². The number of ether oxygens (including phenoxy) is 1. The molecule has 6 nitrogen and oxygen atoms in total. The van der Waals surface area contributed by atoms with Gasteiger partial charge in [0, 0.05) is 24.7 Å². The van der Waals surface area contributed by atoms with Crippen LogP contribution in [0.4, 0.5) is 0 Å². The van der Waals surface area contributed by atoms with Crippen LogP contribution in [0, 0.1) is 0 Å². The number of amides is 1. The molecule has 0 radical (unpaired) electrons. The first-order chi connectivity index (χ1) is 14.2. The lowest BCUT2D eigenvalue weighted by Gasteiger charge is -2.38. The van der Waals surface area contributed by atoms with Crippen molar-refractivity contribution in [1.29, 1.82) is 0 Å². The summed E-state index contributed by atoms with van der Waals surface area (Å²) in [6, 6.07) is 10.5. The van der Waals surface area contributed by atoms with Gasteiger partial charge < -0.3 is 15.4 Å². The molecular formula is C23H33ClN4O2. The number of hydrogen-bond acceptors (Lipinski definition) is 4. The number of benzene rings is 1. The summed E-state index contributed by atoms with van der Waals surface area (Å²) in [7, 11) is 1.69. The molecule has 2 heterocycles. The average molecular weight is 433 g/mol. The number of carbonyl (C=O) groups is 1. The number of hydrogen-bond donors (Lipinski definition) is 2. The summed E-state index contributed by atoms with van der Waals surface area (Å²) in [6.07, 6.45) is 10.1. The van der Waals surface area contributed by atoms with Gasteiger partial charge in [0.25, 0.3) is 5.91 Å². The zero-order valence-corrected chi connectivity index (χ0v) is 18.5. The Hall–Kier alpha value is -2.05. The van der Waals surface area contributed by atoms with Gasteiger partial charge in [-0.05, 0) is 56.0 Å². The molecule has 1 aliphatic carbocycles. The molecule has 7 heteroatoms. The molecule has 1 atom stereocenters. The van der Waals surface area contributed by atoms with Crippen molar-refractivity contribution in [2.75, 3.05) is 26.7 Å². The summed E-state index contributed by atoms with van der Waals surface area (Å²) in [6.45, 7) is 2.64. The number of methoxy groups -OCH3 is 1. The van der Waals surface area contributed by atoms with Gasteiger partial charge in [-0.25, -0.2) is 0 Å². The van der Waals surface area contributed by atoms with Gasteiger partial charge in [-0.1, -0.05) is 31.4 Å². The average Bonchev–Trinajstić information content (AvgIpc) is 3.29. The maximum Gasteiger partial charge on any atom is 0.271 e. The molecule has 4 rings (SSSR count). The van der Waals surface area contributed by atoms with Crippen LogP contribution in [0.1, 0.15) is 67.0 Å². The fourth-order valence-electron chi connectivity index (χ4n) is 4.80. The minimum absolute atomic E-state index is 0. The lowest BCUT2D eigenvalue weighted by Crippen LogP contribution is -2.42. The van der Waals surface area contributed by atoms with Crippen molar-refractivity contribution in [2.45, 2.75) is 56.4 Å². The maximum atomic E-state index is 12.8. The lowest BCUT2D eigenvalue weighted by molar-refractivity contribution is 0.0930. The van der Waals surface area contributed by atoms with E-state index in [1.807, 2.05) is 29.1 Å². The molecule has 0 bridgehead atoms. The highest BCUT2D eigenvalue weighted by molar-refractivity contribution is 5.92. The van der Waals surface area contributed by atoms with Gasteiger partial charge in [-0.15, -0.1) is 12.4 Å². The Bertz CT molecular complexity index is 809. The largest absolute Gasteiger partial charge is 0.497 e. The predicted octanol–water partition coefficient (Wildman–Crippen LogP) is 3.87. The Kier molecular flexibility index (Phi) is 7.78. The molecule has 30 heavy (non-hydrogen) atoms. The summed E-state index contributed by atoms with van der Waals surface area (Å²) in [5, 5.41) is 11.2. The third kappa shape index (κ3) is 4.98. The van der Waals surface area contributed by atoms with Crippen LogP contribution in [-0.2, 0) is 5.41 Å². The van der Waals surface area contributed by atoms with E-state index >= 15 is 0 Å². The standard InChI is InChI=1S/C23H32N4O2.ClH/c1-29-20-9-7-18(8-10-20)23(12-3-2-4-13-23)17-25-22(28)21-11-15-27(26-21)19-6-5-14-24-16-19;/h7-11,15,19,24H,2-6,12-14,16-17H2,1H3,(H,25,28);1H. The third-order valence-electron chi connectivity index (χ3n) is 6.59. The molecule has 2 aliphatic rings. The maximum absolute atomic E-state index is 12.8. The lowest BCUT2D eigenvalue weighted by atomic mass is 9.69. The zero-order chi connectivity index (χ0) is 20.1. The fraction of sp³-hybridized carbons (Fsp3) is 0.565. The smallest absolute Gasteiger partial charge is 0.271 e. The first-order valence-corrected chi connectivity index (χ1v) is 10.9. The van der Waals surface area contributed by atoms with Crippen molar-refractivity contribution < 1.29 is 9.53 Å². The molecule has 1 unspecified atom stereocenters. The first-order valence-electron chi connectivity index (χ1n) is 10.9. The third-order valence-corrected chi connectivity index (χ3v) is 6.59. The number of nitrogens with one attached hydrogen (secondary N) is 2. The summed E-state index contributed by atoms with van der Waals surface area (Å²) in [5.41, 5.74) is 1.80. The van der Waals surface area contributed by atoms with Crippen LogP contribution in [0.25, 0.3) is 0 Å². The highest BCUT2D eigenvalue weighted by Crippen LogP contribution is 2.39. The van der Waals surface area contributed by atoms with Gasteiger partial charge in [0.1, 0.15) is 11.4 Å². The minimum Gasteiger partial charge on any atom is -0.497 e. The monoisotopic (exact) mass is 432 g/mol. The van der Waals surface area contributed by atoms with Crippen molar-refractivity contribution in [2.24, 2.45) is 0 Å². The van der Waals surface area contributed by atoms with Crippen molar-refractivity contribution in [3.63, 3.8) is 0 Å². The van der Waals surface area contributed by atoms with E-state index in [2.05, 4.69) is 27.9 Å². The Morgan fingerprint density at radius 2 is 1.97 bits per heavy atom. The van der Waals surface area contributed by atoms with E-state index < -0.39 is 0 Å². The van der Waals surface area contributed by atoms with E-state index in [0.717, 1.165) is 44.5 Å². The second kappa shape index (κ2) is 10.3. The second-order valence-corrected chi connectivity index (χ2v) is 8.43. The topological polar surface area (TPSA) is 68.2 Å². The highest BCUT2D eigenvalue weighted by atomic mass is 35.5. The van der Waals surface area contributed by atoms with Gasteiger partial charge in [0.05, 0.1) is 13.2 Å². The van der Waals surface area contributed by atoms with Crippen molar-refractivity contribution in [3.8, 4) is 5.75 Å². The van der Waals surface area contributed by atoms with Gasteiger partial charge >= 0.3 is 0 Å². The zero-order valence-electron chi connectivity index (χ0n) is 17.7. The Morgan fingerprint density at radius 1 is 1.20 bits per heavy atom.